The van der Waals surface area contributed by atoms with Crippen molar-refractivity contribution in [1.82, 2.24) is 15.0 Å². The molecular weight excluding hydrogens is 430 g/mol. The van der Waals surface area contributed by atoms with E-state index >= 15 is 0 Å². The van der Waals surface area contributed by atoms with Gasteiger partial charge in [0.2, 0.25) is 11.7 Å². The van der Waals surface area contributed by atoms with E-state index in [1.165, 1.54) is 6.26 Å². The Morgan fingerprint density at radius 2 is 1.66 bits per heavy atom. The van der Waals surface area contributed by atoms with E-state index in [9.17, 15) is 8.42 Å². The van der Waals surface area contributed by atoms with Crippen molar-refractivity contribution in [2.24, 2.45) is 0 Å². The molecule has 1 aliphatic rings. The molecule has 0 N–H and O–H groups in total. The van der Waals surface area contributed by atoms with Gasteiger partial charge in [-0.3, -0.25) is 4.90 Å². The standard InChI is InChI=1S/C23H27N3O5S/c1-29-19-12-16(13-20(14-19)30-2)15-26-10-8-18(9-11-26)23-24-22(25-31-23)17-4-6-21(7-5-17)32(3,27)28/h4-7,12-14,18H,8-11,15H2,1-3H3. The maximum Gasteiger partial charge on any atom is 0.230 e. The summed E-state index contributed by atoms with van der Waals surface area (Å²) in [7, 11) is 0.0785. The van der Waals surface area contributed by atoms with Crippen LogP contribution in [-0.4, -0.2) is 57.0 Å². The van der Waals surface area contributed by atoms with E-state index in [1.54, 1.807) is 38.5 Å². The van der Waals surface area contributed by atoms with Gasteiger partial charge in [0.25, 0.3) is 0 Å². The summed E-state index contributed by atoms with van der Waals surface area (Å²) >= 11 is 0. The maximum absolute atomic E-state index is 11.6. The fraction of sp³-hybridized carbons (Fsp3) is 0.391. The third kappa shape index (κ3) is 5.11. The predicted octanol–water partition coefficient (Wildman–Crippen LogP) is 3.54. The number of ether oxygens (including phenoxy) is 2. The number of hydrogen-bond acceptors (Lipinski definition) is 8. The van der Waals surface area contributed by atoms with Crippen LogP contribution in [0.3, 0.4) is 0 Å². The summed E-state index contributed by atoms with van der Waals surface area (Å²) in [5.41, 5.74) is 1.88. The molecule has 2 heterocycles. The molecule has 1 saturated heterocycles. The fourth-order valence-electron chi connectivity index (χ4n) is 3.92. The molecule has 1 fully saturated rings. The van der Waals surface area contributed by atoms with Gasteiger partial charge in [0.1, 0.15) is 11.5 Å². The Balaban J connectivity index is 1.38. The number of sulfone groups is 1. The van der Waals surface area contributed by atoms with Gasteiger partial charge < -0.3 is 14.0 Å². The molecule has 1 aromatic heterocycles. The zero-order chi connectivity index (χ0) is 22.7. The maximum atomic E-state index is 11.6. The van der Waals surface area contributed by atoms with Gasteiger partial charge >= 0.3 is 0 Å². The smallest absolute Gasteiger partial charge is 0.230 e. The van der Waals surface area contributed by atoms with Gasteiger partial charge in [-0.1, -0.05) is 5.16 Å². The Bertz CT molecular complexity index is 1140. The molecule has 0 amide bonds. The molecule has 8 nitrogen and oxygen atoms in total. The molecule has 170 valence electrons. The van der Waals surface area contributed by atoms with Gasteiger partial charge in [-0.05, 0) is 67.9 Å². The van der Waals surface area contributed by atoms with Crippen LogP contribution in [0.4, 0.5) is 0 Å². The van der Waals surface area contributed by atoms with Gasteiger partial charge in [0.05, 0.1) is 19.1 Å². The molecule has 0 saturated carbocycles. The molecule has 1 aliphatic heterocycles. The second kappa shape index (κ2) is 9.30. The van der Waals surface area contributed by atoms with Crippen LogP contribution in [0.5, 0.6) is 11.5 Å². The SMILES string of the molecule is COc1cc(CN2CCC(c3nc(-c4ccc(S(C)(=O)=O)cc4)no3)CC2)cc(OC)c1. The van der Waals surface area contributed by atoms with Crippen LogP contribution in [0.1, 0.15) is 30.2 Å². The van der Waals surface area contributed by atoms with E-state index in [0.29, 0.717) is 11.7 Å². The minimum Gasteiger partial charge on any atom is -0.497 e. The molecule has 0 aliphatic carbocycles. The van der Waals surface area contributed by atoms with Crippen LogP contribution in [0, 0.1) is 0 Å². The first-order chi connectivity index (χ1) is 15.4. The molecule has 0 atom stereocenters. The van der Waals surface area contributed by atoms with Crippen molar-refractivity contribution in [1.29, 1.82) is 0 Å². The minimum absolute atomic E-state index is 0.211. The number of methoxy groups -OCH3 is 2. The van der Waals surface area contributed by atoms with Gasteiger partial charge in [0, 0.05) is 30.3 Å². The monoisotopic (exact) mass is 457 g/mol. The Morgan fingerprint density at radius 3 is 2.22 bits per heavy atom. The highest BCUT2D eigenvalue weighted by Crippen LogP contribution is 2.30. The van der Waals surface area contributed by atoms with Crippen molar-refractivity contribution < 1.29 is 22.4 Å². The van der Waals surface area contributed by atoms with E-state index in [-0.39, 0.29) is 10.8 Å². The number of benzene rings is 2. The molecule has 4 rings (SSSR count). The summed E-state index contributed by atoms with van der Waals surface area (Å²) in [6.07, 6.45) is 3.04. The molecule has 3 aromatic rings. The first-order valence-corrected chi connectivity index (χ1v) is 12.3. The largest absolute Gasteiger partial charge is 0.497 e. The highest BCUT2D eigenvalue weighted by Gasteiger charge is 2.25. The van der Waals surface area contributed by atoms with E-state index in [2.05, 4.69) is 15.0 Å². The topological polar surface area (TPSA) is 94.8 Å². The normalized spacial score (nSPS) is 15.6. The lowest BCUT2D eigenvalue weighted by atomic mass is 9.96. The highest BCUT2D eigenvalue weighted by atomic mass is 32.2. The number of rotatable bonds is 7. The Morgan fingerprint density at radius 1 is 1.03 bits per heavy atom. The quantitative estimate of drug-likeness (QED) is 0.532. The molecular formula is C23H27N3O5S. The van der Waals surface area contributed by atoms with Crippen LogP contribution in [-0.2, 0) is 16.4 Å². The molecule has 0 radical (unpaired) electrons. The second-order valence-corrected chi connectivity index (χ2v) is 10.0. The van der Waals surface area contributed by atoms with Crippen molar-refractivity contribution >= 4 is 9.84 Å². The summed E-state index contributed by atoms with van der Waals surface area (Å²) in [6, 6.07) is 12.5. The Hall–Kier alpha value is -2.91. The summed E-state index contributed by atoms with van der Waals surface area (Å²) < 4.78 is 39.5. The van der Waals surface area contributed by atoms with Crippen molar-refractivity contribution in [2.75, 3.05) is 33.6 Å². The first-order valence-electron chi connectivity index (χ1n) is 10.4. The van der Waals surface area contributed by atoms with Gasteiger partial charge in [-0.15, -0.1) is 0 Å². The van der Waals surface area contributed by atoms with Gasteiger partial charge in [-0.25, -0.2) is 8.42 Å². The van der Waals surface area contributed by atoms with Gasteiger partial charge in [0.15, 0.2) is 9.84 Å². The van der Waals surface area contributed by atoms with Crippen LogP contribution in [0.2, 0.25) is 0 Å². The van der Waals surface area contributed by atoms with Crippen LogP contribution in [0.15, 0.2) is 51.9 Å². The highest BCUT2D eigenvalue weighted by molar-refractivity contribution is 7.90. The summed E-state index contributed by atoms with van der Waals surface area (Å²) in [5, 5.41) is 4.10. The molecule has 32 heavy (non-hydrogen) atoms. The van der Waals surface area contributed by atoms with Crippen LogP contribution < -0.4 is 9.47 Å². The van der Waals surface area contributed by atoms with E-state index in [4.69, 9.17) is 14.0 Å². The third-order valence-electron chi connectivity index (χ3n) is 5.74. The molecule has 0 unspecified atom stereocenters. The van der Waals surface area contributed by atoms with Crippen molar-refractivity contribution in [2.45, 2.75) is 30.2 Å². The van der Waals surface area contributed by atoms with Crippen LogP contribution >= 0.6 is 0 Å². The lowest BCUT2D eigenvalue weighted by molar-refractivity contribution is 0.187. The number of nitrogens with zero attached hydrogens (tertiary/aromatic N) is 3. The summed E-state index contributed by atoms with van der Waals surface area (Å²) in [6.45, 7) is 2.66. The lowest BCUT2D eigenvalue weighted by Crippen LogP contribution is -2.32. The minimum atomic E-state index is -3.23. The Kier molecular flexibility index (Phi) is 6.48. The zero-order valence-electron chi connectivity index (χ0n) is 18.4. The second-order valence-electron chi connectivity index (χ2n) is 8.02. The molecule has 2 aromatic carbocycles. The molecule has 0 bridgehead atoms. The number of piperidine rings is 1. The summed E-state index contributed by atoms with van der Waals surface area (Å²) in [5.74, 6) is 2.90. The predicted molar refractivity (Wildman–Crippen MR) is 120 cm³/mol. The zero-order valence-corrected chi connectivity index (χ0v) is 19.3. The number of aromatic nitrogens is 2. The number of likely N-dealkylation sites (tertiary alicyclic amines) is 1. The molecule has 0 spiro atoms. The molecule has 9 heteroatoms. The average Bonchev–Trinajstić information content (AvgIpc) is 3.29. The summed E-state index contributed by atoms with van der Waals surface area (Å²) in [4.78, 5) is 7.24. The fourth-order valence-corrected chi connectivity index (χ4v) is 4.55. The van der Waals surface area contributed by atoms with E-state index in [0.717, 1.165) is 55.1 Å². The van der Waals surface area contributed by atoms with Crippen LogP contribution in [0.25, 0.3) is 11.4 Å². The third-order valence-corrected chi connectivity index (χ3v) is 6.87. The first kappa shape index (κ1) is 22.3. The Labute approximate surface area is 188 Å². The van der Waals surface area contributed by atoms with Crippen molar-refractivity contribution in [3.8, 4) is 22.9 Å². The van der Waals surface area contributed by atoms with E-state index in [1.807, 2.05) is 18.2 Å². The average molecular weight is 458 g/mol. The number of hydrogen-bond donors (Lipinski definition) is 0. The van der Waals surface area contributed by atoms with Crippen molar-refractivity contribution in [3.63, 3.8) is 0 Å². The van der Waals surface area contributed by atoms with Gasteiger partial charge in [-0.2, -0.15) is 4.98 Å². The van der Waals surface area contributed by atoms with Crippen molar-refractivity contribution in [3.05, 3.63) is 53.9 Å². The lowest BCUT2D eigenvalue weighted by Gasteiger charge is -2.30. The van der Waals surface area contributed by atoms with E-state index < -0.39 is 9.84 Å².